The zero-order valence-corrected chi connectivity index (χ0v) is 12.0. The zero-order valence-electron chi connectivity index (χ0n) is 12.0. The van der Waals surface area contributed by atoms with E-state index in [1.165, 1.54) is 25.7 Å². The van der Waals surface area contributed by atoms with Crippen LogP contribution in [0.2, 0.25) is 0 Å². The monoisotopic (exact) mass is 252 g/mol. The highest BCUT2D eigenvalue weighted by Gasteiger charge is 2.40. The summed E-state index contributed by atoms with van der Waals surface area (Å²) in [4.78, 5) is 12.5. The third-order valence-corrected chi connectivity index (χ3v) is 5.21. The fourth-order valence-electron chi connectivity index (χ4n) is 3.48. The summed E-state index contributed by atoms with van der Waals surface area (Å²) in [5, 5.41) is 6.65. The summed E-state index contributed by atoms with van der Waals surface area (Å²) in [5.41, 5.74) is 0.262. The maximum Gasteiger partial charge on any atom is 0.226 e. The Bertz CT molecular complexity index is 289. The van der Waals surface area contributed by atoms with E-state index in [0.717, 1.165) is 38.9 Å². The molecule has 3 nitrogen and oxygen atoms in total. The van der Waals surface area contributed by atoms with Crippen LogP contribution >= 0.6 is 0 Å². The van der Waals surface area contributed by atoms with Crippen LogP contribution in [0.3, 0.4) is 0 Å². The Hall–Kier alpha value is -0.570. The molecule has 0 atom stereocenters. The van der Waals surface area contributed by atoms with Crippen molar-refractivity contribution in [1.29, 1.82) is 0 Å². The van der Waals surface area contributed by atoms with Gasteiger partial charge in [-0.05, 0) is 50.6 Å². The van der Waals surface area contributed by atoms with Crippen LogP contribution in [-0.4, -0.2) is 25.5 Å². The summed E-state index contributed by atoms with van der Waals surface area (Å²) < 4.78 is 0. The predicted molar refractivity (Wildman–Crippen MR) is 74.4 cm³/mol. The van der Waals surface area contributed by atoms with Gasteiger partial charge in [0.05, 0.1) is 0 Å². The third-order valence-electron chi connectivity index (χ3n) is 5.21. The molecule has 1 saturated carbocycles. The van der Waals surface area contributed by atoms with E-state index in [0.29, 0.717) is 11.3 Å². The van der Waals surface area contributed by atoms with Gasteiger partial charge in [-0.2, -0.15) is 0 Å². The minimum Gasteiger partial charge on any atom is -0.355 e. The fourth-order valence-corrected chi connectivity index (χ4v) is 3.48. The van der Waals surface area contributed by atoms with Crippen LogP contribution in [0.15, 0.2) is 0 Å². The van der Waals surface area contributed by atoms with Crippen molar-refractivity contribution in [3.05, 3.63) is 0 Å². The molecule has 0 unspecified atom stereocenters. The second-order valence-electron chi connectivity index (χ2n) is 6.58. The summed E-state index contributed by atoms with van der Waals surface area (Å²) in [6.45, 7) is 7.50. The van der Waals surface area contributed by atoms with Gasteiger partial charge in [0.2, 0.25) is 5.91 Å². The van der Waals surface area contributed by atoms with E-state index in [-0.39, 0.29) is 5.41 Å². The maximum atomic E-state index is 12.5. The highest BCUT2D eigenvalue weighted by Crippen LogP contribution is 2.41. The number of hydrogen-bond acceptors (Lipinski definition) is 2. The Kier molecular flexibility index (Phi) is 4.31. The number of carbonyl (C=O) groups excluding carboxylic acids is 1. The molecule has 1 aliphatic heterocycles. The van der Waals surface area contributed by atoms with Gasteiger partial charge < -0.3 is 10.6 Å². The van der Waals surface area contributed by atoms with E-state index in [9.17, 15) is 4.79 Å². The van der Waals surface area contributed by atoms with E-state index < -0.39 is 0 Å². The fraction of sp³-hybridized carbons (Fsp3) is 0.933. The molecule has 1 heterocycles. The summed E-state index contributed by atoms with van der Waals surface area (Å²) in [6, 6.07) is 0. The number of amides is 1. The molecule has 2 aliphatic rings. The van der Waals surface area contributed by atoms with Crippen LogP contribution in [-0.2, 0) is 4.79 Å². The van der Waals surface area contributed by atoms with Crippen molar-refractivity contribution in [2.24, 2.45) is 10.8 Å². The van der Waals surface area contributed by atoms with Crippen molar-refractivity contribution in [1.82, 2.24) is 10.6 Å². The number of hydrogen-bond donors (Lipinski definition) is 2. The Labute approximate surface area is 111 Å². The average Bonchev–Trinajstić information content (AvgIpc) is 2.87. The van der Waals surface area contributed by atoms with Gasteiger partial charge >= 0.3 is 0 Å². The van der Waals surface area contributed by atoms with E-state index in [1.807, 2.05) is 0 Å². The largest absolute Gasteiger partial charge is 0.355 e. The standard InChI is InChI=1S/C15H28N2O/c1-3-15(6-4-5-7-15)13(18)17-12-14(2)8-10-16-11-9-14/h16H,3-12H2,1-2H3,(H,17,18). The smallest absolute Gasteiger partial charge is 0.226 e. The number of nitrogens with one attached hydrogen (secondary N) is 2. The second-order valence-corrected chi connectivity index (χ2v) is 6.58. The van der Waals surface area contributed by atoms with Crippen molar-refractivity contribution >= 4 is 5.91 Å². The van der Waals surface area contributed by atoms with Gasteiger partial charge in [-0.15, -0.1) is 0 Å². The van der Waals surface area contributed by atoms with Crippen molar-refractivity contribution in [2.75, 3.05) is 19.6 Å². The Balaban J connectivity index is 1.87. The topological polar surface area (TPSA) is 41.1 Å². The van der Waals surface area contributed by atoms with Gasteiger partial charge in [0.25, 0.3) is 0 Å². The van der Waals surface area contributed by atoms with Crippen molar-refractivity contribution in [2.45, 2.75) is 58.8 Å². The quantitative estimate of drug-likeness (QED) is 0.807. The Morgan fingerprint density at radius 2 is 1.78 bits per heavy atom. The summed E-state index contributed by atoms with van der Waals surface area (Å²) in [5.74, 6) is 0.322. The molecule has 0 aromatic rings. The molecular weight excluding hydrogens is 224 g/mol. The lowest BCUT2D eigenvalue weighted by atomic mass is 9.79. The molecule has 0 radical (unpaired) electrons. The Morgan fingerprint density at radius 3 is 2.33 bits per heavy atom. The van der Waals surface area contributed by atoms with Crippen LogP contribution in [0.5, 0.6) is 0 Å². The highest BCUT2D eigenvalue weighted by molar-refractivity contribution is 5.82. The van der Waals surface area contributed by atoms with Gasteiger partial charge in [-0.25, -0.2) is 0 Å². The normalized spacial score (nSPS) is 25.9. The molecule has 0 spiro atoms. The van der Waals surface area contributed by atoms with Crippen molar-refractivity contribution < 1.29 is 4.79 Å². The predicted octanol–water partition coefficient (Wildman–Crippen LogP) is 2.46. The molecule has 104 valence electrons. The SMILES string of the molecule is CCC1(C(=O)NCC2(C)CCNCC2)CCCC1. The maximum absolute atomic E-state index is 12.5. The van der Waals surface area contributed by atoms with E-state index >= 15 is 0 Å². The summed E-state index contributed by atoms with van der Waals surface area (Å²) in [6.07, 6.45) is 7.97. The first kappa shape index (κ1) is 13.9. The van der Waals surface area contributed by atoms with Crippen LogP contribution in [0.25, 0.3) is 0 Å². The molecule has 0 aromatic heterocycles. The first-order valence-electron chi connectivity index (χ1n) is 7.59. The van der Waals surface area contributed by atoms with Crippen molar-refractivity contribution in [3.8, 4) is 0 Å². The van der Waals surface area contributed by atoms with Gasteiger partial charge in [0, 0.05) is 12.0 Å². The molecule has 3 heteroatoms. The molecular formula is C15H28N2O. The average molecular weight is 252 g/mol. The van der Waals surface area contributed by atoms with E-state index in [1.54, 1.807) is 0 Å². The van der Waals surface area contributed by atoms with Crippen LogP contribution in [0.1, 0.15) is 58.8 Å². The van der Waals surface area contributed by atoms with Gasteiger partial charge in [0.15, 0.2) is 0 Å². The number of carbonyl (C=O) groups is 1. The first-order valence-corrected chi connectivity index (χ1v) is 7.59. The summed E-state index contributed by atoms with van der Waals surface area (Å²) in [7, 11) is 0. The zero-order chi connectivity index (χ0) is 13.1. The van der Waals surface area contributed by atoms with Crippen LogP contribution in [0, 0.1) is 10.8 Å². The van der Waals surface area contributed by atoms with Crippen LogP contribution < -0.4 is 10.6 Å². The molecule has 2 fully saturated rings. The lowest BCUT2D eigenvalue weighted by Gasteiger charge is -2.36. The first-order chi connectivity index (χ1) is 8.60. The minimum atomic E-state index is -0.0384. The lowest BCUT2D eigenvalue weighted by molar-refractivity contribution is -0.131. The molecule has 1 aliphatic carbocycles. The number of piperidine rings is 1. The van der Waals surface area contributed by atoms with E-state index in [4.69, 9.17) is 0 Å². The molecule has 1 amide bonds. The van der Waals surface area contributed by atoms with Gasteiger partial charge in [0.1, 0.15) is 0 Å². The number of rotatable bonds is 4. The van der Waals surface area contributed by atoms with E-state index in [2.05, 4.69) is 24.5 Å². The molecule has 0 aromatic carbocycles. The minimum absolute atomic E-state index is 0.0384. The Morgan fingerprint density at radius 1 is 1.17 bits per heavy atom. The molecule has 2 rings (SSSR count). The van der Waals surface area contributed by atoms with Gasteiger partial charge in [-0.3, -0.25) is 4.79 Å². The van der Waals surface area contributed by atoms with Crippen molar-refractivity contribution in [3.63, 3.8) is 0 Å². The molecule has 18 heavy (non-hydrogen) atoms. The molecule has 2 N–H and O–H groups in total. The highest BCUT2D eigenvalue weighted by atomic mass is 16.2. The van der Waals surface area contributed by atoms with Crippen LogP contribution in [0.4, 0.5) is 0 Å². The second kappa shape index (κ2) is 5.60. The summed E-state index contributed by atoms with van der Waals surface area (Å²) >= 11 is 0. The van der Waals surface area contributed by atoms with Gasteiger partial charge in [-0.1, -0.05) is 26.7 Å². The third kappa shape index (κ3) is 2.87. The molecule has 0 bridgehead atoms. The lowest BCUT2D eigenvalue weighted by Crippen LogP contribution is -2.46. The molecule has 1 saturated heterocycles.